The molecule has 1 aromatic carbocycles. The normalized spacial score (nSPS) is 14.4. The number of rotatable bonds is 5. The van der Waals surface area contributed by atoms with Crippen molar-refractivity contribution in [1.82, 2.24) is 9.80 Å². The molecule has 154 valence electrons. The molecule has 0 atom stereocenters. The van der Waals surface area contributed by atoms with E-state index in [0.717, 1.165) is 0 Å². The number of carbonyl (C=O) groups excluding carboxylic acids is 3. The van der Waals surface area contributed by atoms with Crippen LogP contribution in [0.4, 0.5) is 5.69 Å². The molecule has 2 aromatic rings. The molecule has 1 aliphatic rings. The molecule has 3 amide bonds. The molecule has 1 saturated heterocycles. The summed E-state index contributed by atoms with van der Waals surface area (Å²) in [5, 5.41) is 2.78. The van der Waals surface area contributed by atoms with Crippen LogP contribution in [0.2, 0.25) is 0 Å². The minimum Gasteiger partial charge on any atom is -0.497 e. The third-order valence-electron chi connectivity index (χ3n) is 5.02. The van der Waals surface area contributed by atoms with E-state index in [1.54, 1.807) is 67.2 Å². The molecule has 0 unspecified atom stereocenters. The first-order valence-electron chi connectivity index (χ1n) is 9.40. The lowest BCUT2D eigenvalue weighted by Gasteiger charge is -2.37. The van der Waals surface area contributed by atoms with Gasteiger partial charge in [-0.3, -0.25) is 14.4 Å². The standard InChI is InChI=1S/C21H25N3O5/c1-21(2,19(26)22-15-6-4-7-16(14-15)28-3)20(27)24-11-9-23(10-12-24)18(25)17-8-5-13-29-17/h4-8,13-14H,9-12H2,1-3H3,(H,22,26). The molecule has 29 heavy (non-hydrogen) atoms. The lowest BCUT2D eigenvalue weighted by Crippen LogP contribution is -2.55. The average Bonchev–Trinajstić information content (AvgIpc) is 3.27. The minimum atomic E-state index is -1.25. The van der Waals surface area contributed by atoms with Crippen LogP contribution in [0.25, 0.3) is 0 Å². The van der Waals surface area contributed by atoms with E-state index in [-0.39, 0.29) is 17.6 Å². The van der Waals surface area contributed by atoms with Crippen molar-refractivity contribution in [2.24, 2.45) is 5.41 Å². The summed E-state index contributed by atoms with van der Waals surface area (Å²) >= 11 is 0. The first-order chi connectivity index (χ1) is 13.8. The van der Waals surface area contributed by atoms with Gasteiger partial charge in [-0.15, -0.1) is 0 Å². The molecule has 3 rings (SSSR count). The van der Waals surface area contributed by atoms with Gasteiger partial charge in [0.25, 0.3) is 5.91 Å². The van der Waals surface area contributed by atoms with Crippen molar-refractivity contribution in [3.05, 3.63) is 48.4 Å². The van der Waals surface area contributed by atoms with Crippen LogP contribution in [0.5, 0.6) is 5.75 Å². The predicted molar refractivity (Wildman–Crippen MR) is 107 cm³/mol. The molecule has 2 heterocycles. The maximum atomic E-state index is 13.0. The van der Waals surface area contributed by atoms with Gasteiger partial charge in [0.05, 0.1) is 13.4 Å². The summed E-state index contributed by atoms with van der Waals surface area (Å²) in [6.07, 6.45) is 1.45. The molecule has 0 radical (unpaired) electrons. The summed E-state index contributed by atoms with van der Waals surface area (Å²) in [7, 11) is 1.55. The third kappa shape index (κ3) is 4.42. The summed E-state index contributed by atoms with van der Waals surface area (Å²) in [6, 6.07) is 10.2. The fourth-order valence-corrected chi connectivity index (χ4v) is 3.15. The van der Waals surface area contributed by atoms with Crippen LogP contribution in [-0.2, 0) is 9.59 Å². The van der Waals surface area contributed by atoms with Crippen LogP contribution < -0.4 is 10.1 Å². The molecule has 0 saturated carbocycles. The number of carbonyl (C=O) groups is 3. The van der Waals surface area contributed by atoms with Gasteiger partial charge in [0.2, 0.25) is 11.8 Å². The first kappa shape index (κ1) is 20.4. The number of furan rings is 1. The van der Waals surface area contributed by atoms with Gasteiger partial charge in [-0.2, -0.15) is 0 Å². The number of piperazine rings is 1. The second-order valence-electron chi connectivity index (χ2n) is 7.37. The van der Waals surface area contributed by atoms with E-state index in [4.69, 9.17) is 9.15 Å². The van der Waals surface area contributed by atoms with E-state index < -0.39 is 11.3 Å². The summed E-state index contributed by atoms with van der Waals surface area (Å²) in [6.45, 7) is 4.70. The lowest BCUT2D eigenvalue weighted by atomic mass is 9.89. The van der Waals surface area contributed by atoms with Gasteiger partial charge < -0.3 is 24.3 Å². The number of nitrogens with zero attached hydrogens (tertiary/aromatic N) is 2. The van der Waals surface area contributed by atoms with Crippen molar-refractivity contribution in [2.45, 2.75) is 13.8 Å². The summed E-state index contributed by atoms with van der Waals surface area (Å²) < 4.78 is 10.3. The van der Waals surface area contributed by atoms with Crippen LogP contribution in [0.3, 0.4) is 0 Å². The zero-order chi connectivity index (χ0) is 21.0. The summed E-state index contributed by atoms with van der Waals surface area (Å²) in [5.74, 6) is 0.0250. The molecule has 1 aromatic heterocycles. The molecule has 0 aliphatic carbocycles. The second-order valence-corrected chi connectivity index (χ2v) is 7.37. The third-order valence-corrected chi connectivity index (χ3v) is 5.02. The van der Waals surface area contributed by atoms with E-state index in [1.165, 1.54) is 6.26 Å². The Labute approximate surface area is 169 Å². The van der Waals surface area contributed by atoms with Crippen molar-refractivity contribution < 1.29 is 23.5 Å². The van der Waals surface area contributed by atoms with E-state index in [1.807, 2.05) is 0 Å². The Morgan fingerprint density at radius 1 is 1.03 bits per heavy atom. The van der Waals surface area contributed by atoms with E-state index in [2.05, 4.69) is 5.32 Å². The monoisotopic (exact) mass is 399 g/mol. The van der Waals surface area contributed by atoms with Crippen LogP contribution in [0.15, 0.2) is 47.1 Å². The van der Waals surface area contributed by atoms with Crippen LogP contribution in [-0.4, -0.2) is 60.8 Å². The highest BCUT2D eigenvalue weighted by atomic mass is 16.5. The van der Waals surface area contributed by atoms with Crippen LogP contribution >= 0.6 is 0 Å². The maximum absolute atomic E-state index is 13.0. The number of benzene rings is 1. The summed E-state index contributed by atoms with van der Waals surface area (Å²) in [5.41, 5.74) is -0.694. The maximum Gasteiger partial charge on any atom is 0.289 e. The average molecular weight is 399 g/mol. The number of hydrogen-bond acceptors (Lipinski definition) is 5. The SMILES string of the molecule is COc1cccc(NC(=O)C(C)(C)C(=O)N2CCN(C(=O)c3ccco3)CC2)c1. The minimum absolute atomic E-state index is 0.197. The molecule has 1 aliphatic heterocycles. The molecule has 8 heteroatoms. The lowest BCUT2D eigenvalue weighted by molar-refractivity contribution is -0.147. The fraction of sp³-hybridized carbons (Fsp3) is 0.381. The molecule has 0 spiro atoms. The Morgan fingerprint density at radius 3 is 2.34 bits per heavy atom. The fourth-order valence-electron chi connectivity index (χ4n) is 3.15. The number of amides is 3. The number of hydrogen-bond donors (Lipinski definition) is 1. The van der Waals surface area contributed by atoms with Gasteiger partial charge in [0.15, 0.2) is 5.76 Å². The van der Waals surface area contributed by atoms with Gasteiger partial charge in [-0.1, -0.05) is 6.07 Å². The van der Waals surface area contributed by atoms with Crippen LogP contribution in [0, 0.1) is 5.41 Å². The Bertz CT molecular complexity index is 883. The molecule has 1 fully saturated rings. The number of anilines is 1. The van der Waals surface area contributed by atoms with Gasteiger partial charge >= 0.3 is 0 Å². The Hall–Kier alpha value is -3.29. The van der Waals surface area contributed by atoms with Crippen molar-refractivity contribution in [1.29, 1.82) is 0 Å². The van der Waals surface area contributed by atoms with Crippen LogP contribution in [0.1, 0.15) is 24.4 Å². The molecular formula is C21H25N3O5. The molecule has 1 N–H and O–H groups in total. The molecular weight excluding hydrogens is 374 g/mol. The number of methoxy groups -OCH3 is 1. The summed E-state index contributed by atoms with van der Waals surface area (Å²) in [4.78, 5) is 41.4. The smallest absolute Gasteiger partial charge is 0.289 e. The van der Waals surface area contributed by atoms with Crippen molar-refractivity contribution in [3.63, 3.8) is 0 Å². The molecule has 0 bridgehead atoms. The highest BCUT2D eigenvalue weighted by molar-refractivity contribution is 6.10. The van der Waals surface area contributed by atoms with E-state index >= 15 is 0 Å². The van der Waals surface area contributed by atoms with Gasteiger partial charge in [-0.25, -0.2) is 0 Å². The van der Waals surface area contributed by atoms with Gasteiger partial charge in [0.1, 0.15) is 11.2 Å². The zero-order valence-electron chi connectivity index (χ0n) is 16.8. The van der Waals surface area contributed by atoms with Crippen molar-refractivity contribution >= 4 is 23.4 Å². The Kier molecular flexibility index (Phi) is 5.91. The first-order valence-corrected chi connectivity index (χ1v) is 9.40. The Morgan fingerprint density at radius 2 is 1.72 bits per heavy atom. The molecule has 8 nitrogen and oxygen atoms in total. The van der Waals surface area contributed by atoms with Crippen molar-refractivity contribution in [2.75, 3.05) is 38.6 Å². The highest BCUT2D eigenvalue weighted by Gasteiger charge is 2.40. The predicted octanol–water partition coefficient (Wildman–Crippen LogP) is 2.24. The van der Waals surface area contributed by atoms with Gasteiger partial charge in [0, 0.05) is 37.9 Å². The highest BCUT2D eigenvalue weighted by Crippen LogP contribution is 2.24. The van der Waals surface area contributed by atoms with Gasteiger partial charge in [-0.05, 0) is 38.1 Å². The second kappa shape index (κ2) is 8.38. The van der Waals surface area contributed by atoms with Crippen molar-refractivity contribution in [3.8, 4) is 5.75 Å². The zero-order valence-corrected chi connectivity index (χ0v) is 16.8. The topological polar surface area (TPSA) is 92.1 Å². The number of ether oxygens (including phenoxy) is 1. The number of nitrogens with one attached hydrogen (secondary N) is 1. The quantitative estimate of drug-likeness (QED) is 0.779. The Balaban J connectivity index is 1.60. The van der Waals surface area contributed by atoms with E-state index in [9.17, 15) is 14.4 Å². The van der Waals surface area contributed by atoms with E-state index in [0.29, 0.717) is 37.6 Å². The largest absolute Gasteiger partial charge is 0.497 e.